The first-order valence-electron chi connectivity index (χ1n) is 7.48. The first-order valence-corrected chi connectivity index (χ1v) is 7.48. The summed E-state index contributed by atoms with van der Waals surface area (Å²) in [4.78, 5) is 25.2. The Bertz CT molecular complexity index is 844. The van der Waals surface area contributed by atoms with Gasteiger partial charge in [-0.2, -0.15) is 13.2 Å². The van der Waals surface area contributed by atoms with Gasteiger partial charge in [0, 0.05) is 24.5 Å². The maximum absolute atomic E-state index is 12.9. The Balaban J connectivity index is 2.01. The van der Waals surface area contributed by atoms with Crippen molar-refractivity contribution in [1.82, 2.24) is 9.47 Å². The fourth-order valence-electron chi connectivity index (χ4n) is 2.93. The Morgan fingerprint density at radius 2 is 2.00 bits per heavy atom. The van der Waals surface area contributed by atoms with E-state index in [2.05, 4.69) is 0 Å². The highest BCUT2D eigenvalue weighted by Crippen LogP contribution is 2.32. The average Bonchev–Trinajstić information content (AvgIpc) is 2.90. The number of carboxylic acid groups (broad SMARTS) is 1. The summed E-state index contributed by atoms with van der Waals surface area (Å²) in [5.74, 6) is -1.74. The van der Waals surface area contributed by atoms with E-state index in [4.69, 9.17) is 4.74 Å². The number of halogens is 3. The van der Waals surface area contributed by atoms with Crippen molar-refractivity contribution in [2.45, 2.75) is 12.2 Å². The quantitative estimate of drug-likeness (QED) is 0.895. The second-order valence-electron chi connectivity index (χ2n) is 5.79. The summed E-state index contributed by atoms with van der Waals surface area (Å²) in [7, 11) is 1.55. The number of nitrogens with zero attached hydrogens (tertiary/aromatic N) is 2. The Kier molecular flexibility index (Phi) is 4.19. The first-order chi connectivity index (χ1) is 11.7. The van der Waals surface area contributed by atoms with Crippen molar-refractivity contribution in [3.8, 4) is 0 Å². The molecule has 1 N–H and O–H groups in total. The fourth-order valence-corrected chi connectivity index (χ4v) is 2.93. The highest BCUT2D eigenvalue weighted by Gasteiger charge is 2.35. The molecule has 1 saturated heterocycles. The van der Waals surface area contributed by atoms with Crippen molar-refractivity contribution in [3.05, 3.63) is 35.5 Å². The topological polar surface area (TPSA) is 71.8 Å². The minimum absolute atomic E-state index is 0.102. The molecule has 0 radical (unpaired) electrons. The smallest absolute Gasteiger partial charge is 0.416 e. The molecule has 0 unspecified atom stereocenters. The number of amides is 1. The van der Waals surface area contributed by atoms with Crippen LogP contribution in [0.2, 0.25) is 0 Å². The molecule has 0 spiro atoms. The SMILES string of the molecule is Cn1c(C(=O)N2CCOC[C@@H]2C(=O)O)cc2cc(C(F)(F)F)ccc21. The molecule has 1 aliphatic heterocycles. The number of carbonyl (C=O) groups excluding carboxylic acids is 1. The standard InChI is InChI=1S/C16H15F3N2O4/c1-20-11-3-2-10(16(17,18)19)6-9(11)7-12(20)14(22)21-4-5-25-8-13(21)15(23)24/h2-3,6-7,13H,4-5,8H2,1H3,(H,23,24)/t13-/m1/s1. The third-order valence-corrected chi connectivity index (χ3v) is 4.26. The van der Waals surface area contributed by atoms with E-state index in [1.54, 1.807) is 7.05 Å². The summed E-state index contributed by atoms with van der Waals surface area (Å²) in [6.45, 7) is 0.187. The molecule has 25 heavy (non-hydrogen) atoms. The summed E-state index contributed by atoms with van der Waals surface area (Å²) < 4.78 is 45.1. The maximum Gasteiger partial charge on any atom is 0.416 e. The van der Waals surface area contributed by atoms with E-state index in [9.17, 15) is 27.9 Å². The van der Waals surface area contributed by atoms with Crippen molar-refractivity contribution < 1.29 is 32.6 Å². The van der Waals surface area contributed by atoms with E-state index in [0.29, 0.717) is 5.52 Å². The van der Waals surface area contributed by atoms with Gasteiger partial charge in [-0.05, 0) is 24.3 Å². The summed E-state index contributed by atoms with van der Waals surface area (Å²) >= 11 is 0. The number of aromatic nitrogens is 1. The molecule has 1 aromatic carbocycles. The van der Waals surface area contributed by atoms with Gasteiger partial charge in [-0.15, -0.1) is 0 Å². The number of morpholine rings is 1. The summed E-state index contributed by atoms with van der Waals surface area (Å²) in [6, 6.07) is 3.44. The number of rotatable bonds is 2. The lowest BCUT2D eigenvalue weighted by molar-refractivity contribution is -0.147. The molecule has 1 atom stereocenters. The van der Waals surface area contributed by atoms with Gasteiger partial charge in [0.25, 0.3) is 5.91 Å². The van der Waals surface area contributed by atoms with Gasteiger partial charge in [0.2, 0.25) is 0 Å². The zero-order valence-corrected chi connectivity index (χ0v) is 13.2. The van der Waals surface area contributed by atoms with Gasteiger partial charge in [-0.25, -0.2) is 4.79 Å². The fraction of sp³-hybridized carbons (Fsp3) is 0.375. The number of aryl methyl sites for hydroxylation is 1. The second kappa shape index (κ2) is 6.07. The number of alkyl halides is 3. The van der Waals surface area contributed by atoms with Crippen LogP contribution in [0.5, 0.6) is 0 Å². The molecule has 134 valence electrons. The molecule has 3 rings (SSSR count). The van der Waals surface area contributed by atoms with Crippen LogP contribution in [0, 0.1) is 0 Å². The Morgan fingerprint density at radius 1 is 1.28 bits per heavy atom. The van der Waals surface area contributed by atoms with Crippen LogP contribution >= 0.6 is 0 Å². The zero-order valence-electron chi connectivity index (χ0n) is 13.2. The lowest BCUT2D eigenvalue weighted by atomic mass is 10.1. The Labute approximate surface area is 140 Å². The number of hydrogen-bond donors (Lipinski definition) is 1. The van der Waals surface area contributed by atoms with E-state index >= 15 is 0 Å². The number of aliphatic carboxylic acids is 1. The maximum atomic E-state index is 12.9. The molecule has 2 aromatic rings. The van der Waals surface area contributed by atoms with Gasteiger partial charge in [-0.1, -0.05) is 0 Å². The molecule has 0 aliphatic carbocycles. The van der Waals surface area contributed by atoms with E-state index in [-0.39, 0.29) is 30.8 Å². The van der Waals surface area contributed by atoms with Crippen molar-refractivity contribution in [2.24, 2.45) is 7.05 Å². The predicted molar refractivity (Wildman–Crippen MR) is 81.2 cm³/mol. The molecule has 0 saturated carbocycles. The first kappa shape index (κ1) is 17.3. The van der Waals surface area contributed by atoms with Crippen LogP contribution in [0.3, 0.4) is 0 Å². The number of carbonyl (C=O) groups is 2. The van der Waals surface area contributed by atoms with E-state index in [1.807, 2.05) is 0 Å². The van der Waals surface area contributed by atoms with Crippen LogP contribution < -0.4 is 0 Å². The Hall–Kier alpha value is -2.55. The average molecular weight is 356 g/mol. The van der Waals surface area contributed by atoms with Gasteiger partial charge in [0.1, 0.15) is 5.69 Å². The number of fused-ring (bicyclic) bond motifs is 1. The van der Waals surface area contributed by atoms with Crippen molar-refractivity contribution >= 4 is 22.8 Å². The molecule has 1 fully saturated rings. The predicted octanol–water partition coefficient (Wildman–Crippen LogP) is 2.12. The molecule has 1 aliphatic rings. The number of benzene rings is 1. The normalized spacial score (nSPS) is 18.6. The van der Waals surface area contributed by atoms with Crippen molar-refractivity contribution in [1.29, 1.82) is 0 Å². The van der Waals surface area contributed by atoms with Crippen molar-refractivity contribution in [3.63, 3.8) is 0 Å². The zero-order chi connectivity index (χ0) is 18.4. The third-order valence-electron chi connectivity index (χ3n) is 4.26. The molecular formula is C16H15F3N2O4. The lowest BCUT2D eigenvalue weighted by Gasteiger charge is -2.32. The van der Waals surface area contributed by atoms with Crippen LogP contribution in [-0.4, -0.2) is 52.3 Å². The van der Waals surface area contributed by atoms with Crippen LogP contribution in [0.1, 0.15) is 16.1 Å². The van der Waals surface area contributed by atoms with Gasteiger partial charge in [-0.3, -0.25) is 4.79 Å². The van der Waals surface area contributed by atoms with Crippen LogP contribution in [0.25, 0.3) is 10.9 Å². The second-order valence-corrected chi connectivity index (χ2v) is 5.79. The largest absolute Gasteiger partial charge is 0.480 e. The molecule has 1 amide bonds. The lowest BCUT2D eigenvalue weighted by Crippen LogP contribution is -2.52. The van der Waals surface area contributed by atoms with Crippen LogP contribution in [0.4, 0.5) is 13.2 Å². The molecule has 2 heterocycles. The van der Waals surface area contributed by atoms with E-state index in [1.165, 1.54) is 21.6 Å². The minimum Gasteiger partial charge on any atom is -0.480 e. The van der Waals surface area contributed by atoms with Crippen LogP contribution in [0.15, 0.2) is 24.3 Å². The van der Waals surface area contributed by atoms with Crippen LogP contribution in [-0.2, 0) is 22.8 Å². The van der Waals surface area contributed by atoms with Gasteiger partial charge >= 0.3 is 12.1 Å². The summed E-state index contributed by atoms with van der Waals surface area (Å²) in [6.07, 6.45) is -4.48. The Morgan fingerprint density at radius 3 is 2.64 bits per heavy atom. The van der Waals surface area contributed by atoms with E-state index < -0.39 is 29.7 Å². The monoisotopic (exact) mass is 356 g/mol. The van der Waals surface area contributed by atoms with Gasteiger partial charge < -0.3 is 19.3 Å². The van der Waals surface area contributed by atoms with Gasteiger partial charge in [0.05, 0.1) is 18.8 Å². The van der Waals surface area contributed by atoms with Crippen molar-refractivity contribution in [2.75, 3.05) is 19.8 Å². The molecule has 1 aromatic heterocycles. The minimum atomic E-state index is -4.48. The van der Waals surface area contributed by atoms with E-state index in [0.717, 1.165) is 12.1 Å². The molecular weight excluding hydrogens is 341 g/mol. The third kappa shape index (κ3) is 3.07. The summed E-state index contributed by atoms with van der Waals surface area (Å²) in [5, 5.41) is 9.50. The van der Waals surface area contributed by atoms with Gasteiger partial charge in [0.15, 0.2) is 6.04 Å². The molecule has 0 bridgehead atoms. The number of carboxylic acids is 1. The number of hydrogen-bond acceptors (Lipinski definition) is 3. The highest BCUT2D eigenvalue weighted by atomic mass is 19.4. The molecule has 9 heteroatoms. The molecule has 6 nitrogen and oxygen atoms in total. The summed E-state index contributed by atoms with van der Waals surface area (Å²) in [5.41, 5.74) is -0.224. The number of ether oxygens (including phenoxy) is 1. The highest BCUT2D eigenvalue weighted by molar-refractivity contribution is 6.00.